The van der Waals surface area contributed by atoms with Crippen molar-refractivity contribution in [3.05, 3.63) is 40.6 Å². The monoisotopic (exact) mass is 624 g/mol. The van der Waals surface area contributed by atoms with Crippen LogP contribution in [0.1, 0.15) is 12.8 Å². The normalized spacial score (nSPS) is 32.5. The number of aromatic hydroxyl groups is 3. The Hall–Kier alpha value is -3.71. The number of hydrogen-bond donors (Lipinski definition) is 10. The molecule has 0 unspecified atom stereocenters. The molecule has 2 fully saturated rings. The number of hydrogen-bond acceptors (Lipinski definition) is 16. The largest absolute Gasteiger partial charge is 0.508 e. The maximum atomic E-state index is 13.7. The van der Waals surface area contributed by atoms with Crippen molar-refractivity contribution in [2.75, 3.05) is 7.11 Å². The molecule has 2 aliphatic heterocycles. The van der Waals surface area contributed by atoms with E-state index in [9.17, 15) is 55.9 Å². The number of phenols is 3. The highest BCUT2D eigenvalue weighted by atomic mass is 16.7. The van der Waals surface area contributed by atoms with Crippen molar-refractivity contribution in [1.29, 1.82) is 0 Å². The molecule has 10 N–H and O–H groups in total. The molecule has 5 rings (SSSR count). The lowest BCUT2D eigenvalue weighted by Crippen LogP contribution is -2.60. The summed E-state index contributed by atoms with van der Waals surface area (Å²) in [6.45, 7) is 0. The SMILES string of the molecule is COc1cc(-c2oc3cc(O)cc(O)c3c(=O)c2O[C@@H]2O[C@H](CC[C@@H]3O[C@@H](O)[C@H](O)[C@@H](O)[C@H]3O)[C@@H](O)[C@H](O)[C@H]2O)ccc1O. The summed E-state index contributed by atoms with van der Waals surface area (Å²) in [5.41, 5.74) is -1.11. The van der Waals surface area contributed by atoms with E-state index in [-0.39, 0.29) is 41.2 Å². The number of aliphatic hydroxyl groups is 7. The molecule has 2 aliphatic rings. The second-order valence-electron chi connectivity index (χ2n) is 10.6. The summed E-state index contributed by atoms with van der Waals surface area (Å²) in [5, 5.41) is 102. The molecule has 10 atom stereocenters. The standard InChI is InChI=1S/C28H32O16/c1-40-15-6-9(2-3-11(15)30)25-26(20(34)17-12(31)7-10(29)8-16(17)41-25)44-28-24(38)22(36)19(33)14(43-28)5-4-13-18(32)21(35)23(37)27(39)42-13/h2-3,6-8,13-14,18-19,21-24,27-33,35-39H,4-5H2,1H3/t13-,14+,18-,19+,21-,22-,23+,24+,27+,28-/m0/s1. The van der Waals surface area contributed by atoms with Crippen LogP contribution in [0.15, 0.2) is 39.5 Å². The van der Waals surface area contributed by atoms with Crippen molar-refractivity contribution in [3.63, 3.8) is 0 Å². The van der Waals surface area contributed by atoms with Gasteiger partial charge in [0.05, 0.1) is 19.3 Å². The van der Waals surface area contributed by atoms with Gasteiger partial charge in [0.15, 0.2) is 23.5 Å². The molecule has 2 aromatic carbocycles. The van der Waals surface area contributed by atoms with Crippen LogP contribution in [0.5, 0.6) is 28.7 Å². The molecule has 3 aromatic rings. The summed E-state index contributed by atoms with van der Waals surface area (Å²) in [6.07, 6.45) is -17.1. The fourth-order valence-electron chi connectivity index (χ4n) is 5.25. The maximum absolute atomic E-state index is 13.7. The molecule has 0 bridgehead atoms. The Morgan fingerprint density at radius 3 is 2.05 bits per heavy atom. The topological polar surface area (TPSA) is 269 Å². The van der Waals surface area contributed by atoms with E-state index < -0.39 is 89.5 Å². The molecule has 3 heterocycles. The van der Waals surface area contributed by atoms with Crippen LogP contribution in [0.25, 0.3) is 22.3 Å². The van der Waals surface area contributed by atoms with Crippen molar-refractivity contribution >= 4 is 11.0 Å². The highest BCUT2D eigenvalue weighted by Gasteiger charge is 2.47. The predicted molar refractivity (Wildman–Crippen MR) is 145 cm³/mol. The zero-order valence-corrected chi connectivity index (χ0v) is 23.0. The van der Waals surface area contributed by atoms with Gasteiger partial charge in [-0.05, 0) is 31.0 Å². The van der Waals surface area contributed by atoms with Gasteiger partial charge in [0.25, 0.3) is 0 Å². The van der Waals surface area contributed by atoms with E-state index in [0.29, 0.717) is 0 Å². The minimum atomic E-state index is -1.93. The second kappa shape index (κ2) is 12.4. The fourth-order valence-corrected chi connectivity index (χ4v) is 5.25. The highest BCUT2D eigenvalue weighted by molar-refractivity contribution is 5.88. The molecule has 1 aromatic heterocycles. The van der Waals surface area contributed by atoms with E-state index in [1.165, 1.54) is 25.3 Å². The van der Waals surface area contributed by atoms with E-state index in [2.05, 4.69) is 0 Å². The quantitative estimate of drug-likeness (QED) is 0.141. The first kappa shape index (κ1) is 31.7. The third kappa shape index (κ3) is 5.74. The number of fused-ring (bicyclic) bond motifs is 1. The van der Waals surface area contributed by atoms with Crippen molar-refractivity contribution in [2.45, 2.75) is 74.3 Å². The number of benzene rings is 2. The van der Waals surface area contributed by atoms with Gasteiger partial charge in [-0.25, -0.2) is 0 Å². The van der Waals surface area contributed by atoms with Gasteiger partial charge >= 0.3 is 0 Å². The molecule has 16 nitrogen and oxygen atoms in total. The first-order chi connectivity index (χ1) is 20.8. The number of methoxy groups -OCH3 is 1. The van der Waals surface area contributed by atoms with Crippen LogP contribution >= 0.6 is 0 Å². The van der Waals surface area contributed by atoms with Crippen LogP contribution in [0.4, 0.5) is 0 Å². The summed E-state index contributed by atoms with van der Waals surface area (Å²) in [4.78, 5) is 13.7. The third-order valence-electron chi connectivity index (χ3n) is 7.68. The molecule has 240 valence electrons. The van der Waals surface area contributed by atoms with Crippen LogP contribution in [-0.4, -0.2) is 120 Å². The highest BCUT2D eigenvalue weighted by Crippen LogP contribution is 2.40. The average Bonchev–Trinajstić information content (AvgIpc) is 2.98. The molecule has 44 heavy (non-hydrogen) atoms. The lowest BCUT2D eigenvalue weighted by atomic mass is 9.91. The summed E-state index contributed by atoms with van der Waals surface area (Å²) >= 11 is 0. The van der Waals surface area contributed by atoms with E-state index >= 15 is 0 Å². The van der Waals surface area contributed by atoms with Crippen LogP contribution in [0.3, 0.4) is 0 Å². The van der Waals surface area contributed by atoms with Crippen molar-refractivity contribution < 1.29 is 74.4 Å². The van der Waals surface area contributed by atoms with Gasteiger partial charge in [-0.3, -0.25) is 4.79 Å². The molecular formula is C28H32O16. The summed E-state index contributed by atoms with van der Waals surface area (Å²) in [7, 11) is 1.28. The van der Waals surface area contributed by atoms with E-state index in [1.807, 2.05) is 0 Å². The molecule has 0 radical (unpaired) electrons. The van der Waals surface area contributed by atoms with Crippen LogP contribution in [0.2, 0.25) is 0 Å². The summed E-state index contributed by atoms with van der Waals surface area (Å²) in [5.74, 6) is -2.27. The molecule has 0 spiro atoms. The van der Waals surface area contributed by atoms with Crippen molar-refractivity contribution in [2.24, 2.45) is 0 Å². The smallest absolute Gasteiger partial charge is 0.239 e. The van der Waals surface area contributed by atoms with Crippen LogP contribution in [-0.2, 0) is 9.47 Å². The maximum Gasteiger partial charge on any atom is 0.239 e. The third-order valence-corrected chi connectivity index (χ3v) is 7.68. The summed E-state index contributed by atoms with van der Waals surface area (Å²) in [6, 6.07) is 5.83. The van der Waals surface area contributed by atoms with Crippen molar-refractivity contribution in [3.8, 4) is 40.1 Å². The fraction of sp³-hybridized carbons (Fsp3) is 0.464. The molecule has 2 saturated heterocycles. The zero-order chi connectivity index (χ0) is 32.0. The van der Waals surface area contributed by atoms with Crippen molar-refractivity contribution in [1.82, 2.24) is 0 Å². The molecular weight excluding hydrogens is 592 g/mol. The molecule has 0 saturated carbocycles. The molecule has 16 heteroatoms. The van der Waals surface area contributed by atoms with E-state index in [4.69, 9.17) is 23.4 Å². The average molecular weight is 625 g/mol. The van der Waals surface area contributed by atoms with Crippen LogP contribution in [0, 0.1) is 0 Å². The predicted octanol–water partition coefficient (Wildman–Crippen LogP) is -1.65. The number of phenolic OH excluding ortho intramolecular Hbond substituents is 3. The Kier molecular flexibility index (Phi) is 8.90. The van der Waals surface area contributed by atoms with Gasteiger partial charge < -0.3 is 74.4 Å². The number of aliphatic hydroxyl groups excluding tert-OH is 7. The summed E-state index contributed by atoms with van der Waals surface area (Å²) < 4.78 is 27.6. The number of rotatable bonds is 7. The Labute approximate surface area is 247 Å². The lowest BCUT2D eigenvalue weighted by Gasteiger charge is -2.42. The zero-order valence-electron chi connectivity index (χ0n) is 23.0. The van der Waals surface area contributed by atoms with Crippen LogP contribution < -0.4 is 14.9 Å². The minimum absolute atomic E-state index is 0.0163. The molecule has 0 aliphatic carbocycles. The first-order valence-electron chi connectivity index (χ1n) is 13.5. The van der Waals surface area contributed by atoms with Gasteiger partial charge in [-0.1, -0.05) is 0 Å². The Balaban J connectivity index is 1.49. The molecule has 0 amide bonds. The van der Waals surface area contributed by atoms with Gasteiger partial charge in [0, 0.05) is 17.7 Å². The van der Waals surface area contributed by atoms with Gasteiger partial charge in [0.2, 0.25) is 17.5 Å². The van der Waals surface area contributed by atoms with Gasteiger partial charge in [0.1, 0.15) is 59.1 Å². The van der Waals surface area contributed by atoms with Gasteiger partial charge in [-0.15, -0.1) is 0 Å². The van der Waals surface area contributed by atoms with Gasteiger partial charge in [-0.2, -0.15) is 0 Å². The van der Waals surface area contributed by atoms with E-state index in [1.54, 1.807) is 0 Å². The van der Waals surface area contributed by atoms with E-state index in [0.717, 1.165) is 12.1 Å². The number of ether oxygens (including phenoxy) is 4. The Morgan fingerprint density at radius 2 is 1.39 bits per heavy atom. The Morgan fingerprint density at radius 1 is 0.750 bits per heavy atom. The second-order valence-corrected chi connectivity index (χ2v) is 10.6. The first-order valence-corrected chi connectivity index (χ1v) is 13.5. The lowest BCUT2D eigenvalue weighted by molar-refractivity contribution is -0.291. The minimum Gasteiger partial charge on any atom is -0.508 e. The Bertz CT molecular complexity index is 1560.